The Morgan fingerprint density at radius 1 is 1.14 bits per heavy atom. The highest BCUT2D eigenvalue weighted by Crippen LogP contribution is 2.38. The lowest BCUT2D eigenvalue weighted by atomic mass is 9.95. The molecule has 2 heterocycles. The zero-order chi connectivity index (χ0) is 20.7. The second-order valence-electron chi connectivity index (χ2n) is 7.61. The van der Waals surface area contributed by atoms with Gasteiger partial charge in [-0.15, -0.1) is 0 Å². The first-order chi connectivity index (χ1) is 13.9. The van der Waals surface area contributed by atoms with Crippen molar-refractivity contribution in [2.45, 2.75) is 32.2 Å². The third kappa shape index (κ3) is 3.23. The minimum absolute atomic E-state index is 0.00927. The average molecular weight is 395 g/mol. The molecule has 6 heteroatoms. The fourth-order valence-corrected chi connectivity index (χ4v) is 3.87. The molecule has 5 nitrogen and oxygen atoms in total. The third-order valence-corrected chi connectivity index (χ3v) is 5.40. The summed E-state index contributed by atoms with van der Waals surface area (Å²) in [5, 5.41) is 9.37. The number of aliphatic hydroxyl groups is 1. The molecular weight excluding hydrogens is 373 g/mol. The predicted molar refractivity (Wildman–Crippen MR) is 108 cm³/mol. The molecule has 1 atom stereocenters. The van der Waals surface area contributed by atoms with Crippen LogP contribution in [0, 0.1) is 5.82 Å². The molecule has 29 heavy (non-hydrogen) atoms. The number of rotatable bonds is 5. The van der Waals surface area contributed by atoms with Gasteiger partial charge in [0.25, 0.3) is 5.91 Å². The molecule has 1 aromatic heterocycles. The summed E-state index contributed by atoms with van der Waals surface area (Å²) in [5.74, 6) is -0.590. The van der Waals surface area contributed by atoms with Crippen LogP contribution in [0.4, 0.5) is 4.39 Å². The Morgan fingerprint density at radius 3 is 2.52 bits per heavy atom. The van der Waals surface area contributed by atoms with Crippen LogP contribution in [0.2, 0.25) is 0 Å². The highest BCUT2D eigenvalue weighted by molar-refractivity contribution is 5.99. The quantitative estimate of drug-likeness (QED) is 0.709. The van der Waals surface area contributed by atoms with Crippen molar-refractivity contribution in [2.24, 2.45) is 0 Å². The van der Waals surface area contributed by atoms with Gasteiger partial charge >= 0.3 is 0 Å². The number of hydrogen-bond donors (Lipinski definition) is 1. The Labute approximate surface area is 167 Å². The van der Waals surface area contributed by atoms with Crippen LogP contribution in [0.1, 0.15) is 59.5 Å². The molecule has 0 spiro atoms. The van der Waals surface area contributed by atoms with Gasteiger partial charge in [0, 0.05) is 13.2 Å². The van der Waals surface area contributed by atoms with Crippen LogP contribution < -0.4 is 5.43 Å². The van der Waals surface area contributed by atoms with Gasteiger partial charge in [-0.2, -0.15) is 0 Å². The summed E-state index contributed by atoms with van der Waals surface area (Å²) >= 11 is 0. The molecule has 0 saturated heterocycles. The highest BCUT2D eigenvalue weighted by Gasteiger charge is 2.42. The van der Waals surface area contributed by atoms with E-state index >= 15 is 0 Å². The minimum atomic E-state index is -0.630. The van der Waals surface area contributed by atoms with Crippen LogP contribution in [0.15, 0.2) is 51.7 Å². The van der Waals surface area contributed by atoms with Crippen molar-refractivity contribution < 1.29 is 18.7 Å². The van der Waals surface area contributed by atoms with Crippen molar-refractivity contribution in [3.8, 4) is 0 Å². The lowest BCUT2D eigenvalue weighted by Crippen LogP contribution is -2.31. The number of fused-ring (bicyclic) bond motifs is 2. The molecule has 0 bridgehead atoms. The zero-order valence-electron chi connectivity index (χ0n) is 16.3. The second-order valence-corrected chi connectivity index (χ2v) is 7.61. The van der Waals surface area contributed by atoms with E-state index in [1.165, 1.54) is 12.1 Å². The number of aliphatic hydroxyl groups excluding tert-OH is 1. The molecule has 0 radical (unpaired) electrons. The van der Waals surface area contributed by atoms with Gasteiger partial charge in [-0.1, -0.05) is 38.1 Å². The number of halogens is 1. The first-order valence-corrected chi connectivity index (χ1v) is 9.70. The van der Waals surface area contributed by atoms with E-state index in [-0.39, 0.29) is 35.4 Å². The van der Waals surface area contributed by atoms with Crippen LogP contribution in [0.3, 0.4) is 0 Å². The Balaban J connectivity index is 1.92. The molecule has 3 aromatic rings. The van der Waals surface area contributed by atoms with Gasteiger partial charge in [0.1, 0.15) is 11.4 Å². The van der Waals surface area contributed by atoms with Crippen molar-refractivity contribution >= 4 is 16.9 Å². The number of hydrogen-bond acceptors (Lipinski definition) is 4. The largest absolute Gasteiger partial charge is 0.450 e. The van der Waals surface area contributed by atoms with E-state index in [9.17, 15) is 19.1 Å². The summed E-state index contributed by atoms with van der Waals surface area (Å²) in [5.41, 5.74) is 1.93. The molecule has 0 saturated carbocycles. The average Bonchev–Trinajstić information content (AvgIpc) is 2.99. The number of amides is 1. The number of carbonyl (C=O) groups excluding carboxylic acids is 1. The van der Waals surface area contributed by atoms with Crippen LogP contribution >= 0.6 is 0 Å². The fraction of sp³-hybridized carbons (Fsp3) is 0.304. The molecule has 4 rings (SSSR count). The third-order valence-electron chi connectivity index (χ3n) is 5.40. The maximum absolute atomic E-state index is 13.7. The fourth-order valence-electron chi connectivity index (χ4n) is 3.87. The molecule has 1 aliphatic heterocycles. The monoisotopic (exact) mass is 395 g/mol. The minimum Gasteiger partial charge on any atom is -0.450 e. The van der Waals surface area contributed by atoms with Gasteiger partial charge in [0.05, 0.1) is 17.0 Å². The maximum atomic E-state index is 13.7. The van der Waals surface area contributed by atoms with Gasteiger partial charge in [0.15, 0.2) is 5.43 Å². The lowest BCUT2D eigenvalue weighted by molar-refractivity contribution is 0.0716. The van der Waals surface area contributed by atoms with Crippen molar-refractivity contribution in [1.29, 1.82) is 0 Å². The van der Waals surface area contributed by atoms with Crippen LogP contribution in [-0.2, 0) is 0 Å². The standard InChI is InChI=1S/C23H22FNO4/c1-13(2)14-4-6-15(7-5-14)20-19-21(27)17-12-16(24)8-9-18(17)29-22(19)23(28)25(20)10-3-11-26/h4-9,12-13,20,26H,3,10-11H2,1-2H3. The van der Waals surface area contributed by atoms with E-state index in [2.05, 4.69) is 13.8 Å². The maximum Gasteiger partial charge on any atom is 0.290 e. The zero-order valence-corrected chi connectivity index (χ0v) is 16.3. The predicted octanol–water partition coefficient (Wildman–Crippen LogP) is 3.98. The van der Waals surface area contributed by atoms with Crippen LogP contribution in [0.5, 0.6) is 0 Å². The van der Waals surface area contributed by atoms with Crippen molar-refractivity contribution in [3.05, 3.63) is 81.0 Å². The highest BCUT2D eigenvalue weighted by atomic mass is 19.1. The van der Waals surface area contributed by atoms with Crippen molar-refractivity contribution in [1.82, 2.24) is 4.90 Å². The summed E-state index contributed by atoms with van der Waals surface area (Å²) in [7, 11) is 0. The van der Waals surface area contributed by atoms with Crippen molar-refractivity contribution in [2.75, 3.05) is 13.2 Å². The summed E-state index contributed by atoms with van der Waals surface area (Å²) < 4.78 is 19.5. The molecule has 0 aliphatic carbocycles. The van der Waals surface area contributed by atoms with Gasteiger partial charge < -0.3 is 14.4 Å². The second kappa shape index (κ2) is 7.44. The normalized spacial score (nSPS) is 16.1. The molecule has 0 fully saturated rings. The van der Waals surface area contributed by atoms with Gasteiger partial charge in [0.2, 0.25) is 5.76 Å². The Hall–Kier alpha value is -2.99. The van der Waals surface area contributed by atoms with E-state index in [1.54, 1.807) is 4.90 Å². The molecular formula is C23H22FNO4. The van der Waals surface area contributed by atoms with E-state index in [0.717, 1.165) is 17.2 Å². The lowest BCUT2D eigenvalue weighted by Gasteiger charge is -2.25. The Morgan fingerprint density at radius 2 is 1.86 bits per heavy atom. The van der Waals surface area contributed by atoms with Crippen LogP contribution in [-0.4, -0.2) is 29.1 Å². The van der Waals surface area contributed by atoms with E-state index < -0.39 is 23.2 Å². The molecule has 2 aromatic carbocycles. The summed E-state index contributed by atoms with van der Waals surface area (Å²) in [6.07, 6.45) is 0.378. The first-order valence-electron chi connectivity index (χ1n) is 9.70. The van der Waals surface area contributed by atoms with Gasteiger partial charge in [-0.25, -0.2) is 4.39 Å². The SMILES string of the molecule is CC(C)c1ccc(C2c3c(oc4ccc(F)cc4c3=O)C(=O)N2CCCO)cc1. The molecule has 1 unspecified atom stereocenters. The topological polar surface area (TPSA) is 70.8 Å². The van der Waals surface area contributed by atoms with Gasteiger partial charge in [-0.3, -0.25) is 9.59 Å². The van der Waals surface area contributed by atoms with E-state index in [0.29, 0.717) is 12.3 Å². The number of carbonyl (C=O) groups is 1. The van der Waals surface area contributed by atoms with E-state index in [1.807, 2.05) is 24.3 Å². The van der Waals surface area contributed by atoms with Crippen molar-refractivity contribution in [3.63, 3.8) is 0 Å². The summed E-state index contributed by atoms with van der Waals surface area (Å²) in [6, 6.07) is 10.8. The van der Waals surface area contributed by atoms with Crippen LogP contribution in [0.25, 0.3) is 11.0 Å². The molecule has 1 amide bonds. The summed E-state index contributed by atoms with van der Waals surface area (Å²) in [4.78, 5) is 27.9. The van der Waals surface area contributed by atoms with E-state index in [4.69, 9.17) is 4.42 Å². The smallest absolute Gasteiger partial charge is 0.290 e. The number of benzene rings is 2. The molecule has 1 N–H and O–H groups in total. The summed E-state index contributed by atoms with van der Waals surface area (Å²) in [6.45, 7) is 4.38. The molecule has 150 valence electrons. The Bertz CT molecular complexity index is 1130. The van der Waals surface area contributed by atoms with Gasteiger partial charge in [-0.05, 0) is 41.7 Å². The number of nitrogens with zero attached hydrogens (tertiary/aromatic N) is 1. The molecule has 1 aliphatic rings. The first kappa shape index (κ1) is 19.3. The Kier molecular flexibility index (Phi) is 4.96.